The molecule has 1 aromatic carbocycles. The van der Waals surface area contributed by atoms with Crippen LogP contribution in [0.3, 0.4) is 0 Å². The molecule has 1 atom stereocenters. The van der Waals surface area contributed by atoms with Crippen molar-refractivity contribution in [3.63, 3.8) is 0 Å². The van der Waals surface area contributed by atoms with Crippen LogP contribution in [0, 0.1) is 6.92 Å². The molecule has 0 aliphatic rings. The third-order valence-electron chi connectivity index (χ3n) is 4.24. The quantitative estimate of drug-likeness (QED) is 0.582. The second kappa shape index (κ2) is 11.4. The van der Waals surface area contributed by atoms with E-state index < -0.39 is 23.7 Å². The first kappa shape index (κ1) is 25.0. The second-order valence-electron chi connectivity index (χ2n) is 8.21. The van der Waals surface area contributed by atoms with Gasteiger partial charge in [-0.15, -0.1) is 0 Å². The highest BCUT2D eigenvalue weighted by Crippen LogP contribution is 2.29. The molecule has 0 aliphatic heterocycles. The monoisotopic (exact) mass is 444 g/mol. The number of hydrogen-bond donors (Lipinski definition) is 1. The summed E-state index contributed by atoms with van der Waals surface area (Å²) in [6.07, 6.45) is -0.0353. The van der Waals surface area contributed by atoms with Crippen LogP contribution in [0.1, 0.15) is 49.3 Å². The number of aryl methyl sites for hydroxylation is 1. The Morgan fingerprint density at radius 2 is 1.84 bits per heavy atom. The van der Waals surface area contributed by atoms with E-state index in [1.54, 1.807) is 40.7 Å². The van der Waals surface area contributed by atoms with Gasteiger partial charge in [-0.1, -0.05) is 30.3 Å². The summed E-state index contributed by atoms with van der Waals surface area (Å²) in [5.41, 5.74) is 1.11. The fraction of sp³-hybridized carbons (Fsp3) is 0.458. The molecule has 0 fully saturated rings. The highest BCUT2D eigenvalue weighted by Gasteiger charge is 2.25. The summed E-state index contributed by atoms with van der Waals surface area (Å²) in [5, 5.41) is 2.86. The first-order valence-corrected chi connectivity index (χ1v) is 10.5. The topological polar surface area (TPSA) is 96.0 Å². The lowest BCUT2D eigenvalue weighted by atomic mass is 10.1. The Hall–Kier alpha value is -3.29. The molecule has 2 aromatic rings. The number of carbonyl (C=O) groups is 2. The summed E-state index contributed by atoms with van der Waals surface area (Å²) in [4.78, 5) is 29.2. The smallest absolute Gasteiger partial charge is 0.408 e. The summed E-state index contributed by atoms with van der Waals surface area (Å²) in [6.45, 7) is 9.17. The zero-order valence-corrected chi connectivity index (χ0v) is 19.6. The molecule has 2 rings (SSSR count). The number of hydrogen-bond acceptors (Lipinski definition) is 7. The van der Waals surface area contributed by atoms with Crippen molar-refractivity contribution >= 4 is 12.1 Å². The van der Waals surface area contributed by atoms with E-state index in [4.69, 9.17) is 18.9 Å². The van der Waals surface area contributed by atoms with Crippen molar-refractivity contribution in [3.05, 3.63) is 53.2 Å². The number of benzene rings is 1. The largest absolute Gasteiger partial charge is 0.490 e. The van der Waals surface area contributed by atoms with Gasteiger partial charge in [0.2, 0.25) is 5.88 Å². The molecule has 8 nitrogen and oxygen atoms in total. The fourth-order valence-electron chi connectivity index (χ4n) is 2.98. The Labute approximate surface area is 189 Å². The molecule has 0 saturated carbocycles. The van der Waals surface area contributed by atoms with E-state index in [0.29, 0.717) is 12.1 Å². The zero-order chi connectivity index (χ0) is 23.7. The van der Waals surface area contributed by atoms with Crippen molar-refractivity contribution in [1.82, 2.24) is 10.3 Å². The van der Waals surface area contributed by atoms with Gasteiger partial charge in [-0.2, -0.15) is 0 Å². The normalized spacial score (nSPS) is 11.9. The van der Waals surface area contributed by atoms with E-state index in [2.05, 4.69) is 10.3 Å². The first-order chi connectivity index (χ1) is 15.1. The first-order valence-electron chi connectivity index (χ1n) is 10.5. The number of carbonyl (C=O) groups excluding carboxylic acids is 2. The van der Waals surface area contributed by atoms with Crippen molar-refractivity contribution in [3.8, 4) is 11.6 Å². The van der Waals surface area contributed by atoms with E-state index in [9.17, 15) is 9.59 Å². The van der Waals surface area contributed by atoms with Gasteiger partial charge in [0.1, 0.15) is 18.0 Å². The Morgan fingerprint density at radius 3 is 2.44 bits per heavy atom. The molecule has 8 heteroatoms. The third kappa shape index (κ3) is 7.76. The summed E-state index contributed by atoms with van der Waals surface area (Å²) < 4.78 is 21.8. The average Bonchev–Trinajstić information content (AvgIpc) is 2.70. The second-order valence-corrected chi connectivity index (χ2v) is 8.21. The molecule has 1 amide bonds. The van der Waals surface area contributed by atoms with Gasteiger partial charge in [0.15, 0.2) is 5.56 Å². The van der Waals surface area contributed by atoms with Crippen molar-refractivity contribution in [1.29, 1.82) is 0 Å². The van der Waals surface area contributed by atoms with E-state index in [-0.39, 0.29) is 30.4 Å². The predicted octanol–water partition coefficient (Wildman–Crippen LogP) is 4.09. The zero-order valence-electron chi connectivity index (χ0n) is 19.6. The van der Waals surface area contributed by atoms with Crippen LogP contribution in [-0.2, 0) is 15.9 Å². The number of pyridine rings is 1. The minimum absolute atomic E-state index is 0.0904. The Balaban J connectivity index is 2.26. The maximum absolute atomic E-state index is 12.5. The predicted molar refractivity (Wildman–Crippen MR) is 120 cm³/mol. The number of alkyl carbamates (subject to hydrolysis) is 1. The van der Waals surface area contributed by atoms with Crippen molar-refractivity contribution in [2.45, 2.75) is 52.7 Å². The number of ether oxygens (including phenoxy) is 4. The van der Waals surface area contributed by atoms with Crippen LogP contribution in [0.4, 0.5) is 4.79 Å². The molecule has 0 radical (unpaired) electrons. The average molecular weight is 445 g/mol. The number of nitrogens with one attached hydrogen (secondary N) is 1. The SMILES string of the molecule is CCOC(=O)c1c(OCC(Cc2ccccc2)NC(=O)OC(C)(C)C)cc(C)nc1OC. The Morgan fingerprint density at radius 1 is 1.16 bits per heavy atom. The number of rotatable bonds is 9. The van der Waals surface area contributed by atoms with Crippen LogP contribution in [0.15, 0.2) is 36.4 Å². The van der Waals surface area contributed by atoms with E-state index in [1.807, 2.05) is 30.3 Å². The van der Waals surface area contributed by atoms with Crippen LogP contribution in [0.5, 0.6) is 11.6 Å². The number of amides is 1. The van der Waals surface area contributed by atoms with Crippen LogP contribution in [0.25, 0.3) is 0 Å². The minimum Gasteiger partial charge on any atom is -0.490 e. The molecule has 174 valence electrons. The molecule has 1 N–H and O–H groups in total. The number of esters is 1. The lowest BCUT2D eigenvalue weighted by Crippen LogP contribution is -2.43. The highest BCUT2D eigenvalue weighted by atomic mass is 16.6. The molecule has 1 aromatic heterocycles. The number of methoxy groups -OCH3 is 1. The maximum Gasteiger partial charge on any atom is 0.408 e. The van der Waals surface area contributed by atoms with Gasteiger partial charge in [-0.3, -0.25) is 0 Å². The maximum atomic E-state index is 12.5. The summed E-state index contributed by atoms with van der Waals surface area (Å²) in [5.74, 6) is -0.193. The molecular formula is C24H32N2O6. The van der Waals surface area contributed by atoms with Crippen molar-refractivity contribution < 1.29 is 28.5 Å². The van der Waals surface area contributed by atoms with Gasteiger partial charge in [0.25, 0.3) is 0 Å². The summed E-state index contributed by atoms with van der Waals surface area (Å²) >= 11 is 0. The fourth-order valence-corrected chi connectivity index (χ4v) is 2.98. The van der Waals surface area contributed by atoms with Crippen LogP contribution in [0.2, 0.25) is 0 Å². The summed E-state index contributed by atoms with van der Waals surface area (Å²) in [6, 6.07) is 10.9. The van der Waals surface area contributed by atoms with Gasteiger partial charge in [-0.05, 0) is 46.6 Å². The molecule has 32 heavy (non-hydrogen) atoms. The van der Waals surface area contributed by atoms with Gasteiger partial charge in [0.05, 0.1) is 19.8 Å². The van der Waals surface area contributed by atoms with Gasteiger partial charge in [-0.25, -0.2) is 14.6 Å². The highest BCUT2D eigenvalue weighted by molar-refractivity contribution is 5.95. The molecule has 0 aliphatic carbocycles. The Bertz CT molecular complexity index is 909. The van der Waals surface area contributed by atoms with E-state index in [0.717, 1.165) is 5.56 Å². The lowest BCUT2D eigenvalue weighted by Gasteiger charge is -2.24. The van der Waals surface area contributed by atoms with E-state index >= 15 is 0 Å². The number of aromatic nitrogens is 1. The third-order valence-corrected chi connectivity index (χ3v) is 4.24. The van der Waals surface area contributed by atoms with Crippen molar-refractivity contribution in [2.24, 2.45) is 0 Å². The Kier molecular flexibility index (Phi) is 8.87. The number of nitrogens with zero attached hydrogens (tertiary/aromatic N) is 1. The van der Waals surface area contributed by atoms with Gasteiger partial charge >= 0.3 is 12.1 Å². The molecular weight excluding hydrogens is 412 g/mol. The molecule has 0 bridgehead atoms. The molecule has 1 heterocycles. The molecule has 0 spiro atoms. The van der Waals surface area contributed by atoms with Crippen LogP contribution >= 0.6 is 0 Å². The van der Waals surface area contributed by atoms with Gasteiger partial charge in [0, 0.05) is 11.8 Å². The lowest BCUT2D eigenvalue weighted by molar-refractivity contribution is 0.0474. The van der Waals surface area contributed by atoms with Gasteiger partial charge < -0.3 is 24.3 Å². The minimum atomic E-state index is -0.630. The summed E-state index contributed by atoms with van der Waals surface area (Å²) in [7, 11) is 1.43. The molecule has 1 unspecified atom stereocenters. The molecule has 0 saturated heterocycles. The van der Waals surface area contributed by atoms with E-state index in [1.165, 1.54) is 7.11 Å². The standard InChI is InChI=1S/C24H32N2O6/c1-7-30-22(27)20-19(13-16(2)25-21(20)29-6)31-15-18(14-17-11-9-8-10-12-17)26-23(28)32-24(3,4)5/h8-13,18H,7,14-15H2,1-6H3,(H,26,28). The van der Waals surface area contributed by atoms with Crippen LogP contribution in [-0.4, -0.2) is 49.0 Å². The van der Waals surface area contributed by atoms with Crippen LogP contribution < -0.4 is 14.8 Å². The van der Waals surface area contributed by atoms with Crippen molar-refractivity contribution in [2.75, 3.05) is 20.3 Å².